The maximum Gasteiger partial charge on any atom is 0.0746 e. The first-order chi connectivity index (χ1) is 10.0. The number of ether oxygens (including phenoxy) is 4. The molecule has 0 aromatic heterocycles. The Morgan fingerprint density at radius 1 is 0.810 bits per heavy atom. The first kappa shape index (κ1) is 20.8. The summed E-state index contributed by atoms with van der Waals surface area (Å²) in [4.78, 5) is 0. The van der Waals surface area contributed by atoms with Gasteiger partial charge in [0.1, 0.15) is 0 Å². The third kappa shape index (κ3) is 13.2. The maximum atomic E-state index is 5.73. The minimum atomic E-state index is 0.0651. The van der Waals surface area contributed by atoms with E-state index in [0.717, 1.165) is 19.4 Å². The lowest BCUT2D eigenvalue weighted by atomic mass is 9.89. The molecule has 1 atom stereocenters. The van der Waals surface area contributed by atoms with Crippen molar-refractivity contribution in [2.24, 2.45) is 11.1 Å². The van der Waals surface area contributed by atoms with Crippen molar-refractivity contribution in [1.82, 2.24) is 0 Å². The number of unbranched alkanes of at least 4 members (excludes halogenated alkanes) is 1. The molecule has 0 rings (SSSR count). The van der Waals surface area contributed by atoms with Crippen LogP contribution in [-0.2, 0) is 18.9 Å². The van der Waals surface area contributed by atoms with Crippen molar-refractivity contribution in [3.63, 3.8) is 0 Å². The van der Waals surface area contributed by atoms with Gasteiger partial charge in [-0.25, -0.2) is 0 Å². The second-order valence-corrected chi connectivity index (χ2v) is 6.15. The van der Waals surface area contributed by atoms with E-state index in [-0.39, 0.29) is 11.5 Å². The van der Waals surface area contributed by atoms with E-state index in [1.165, 1.54) is 0 Å². The van der Waals surface area contributed by atoms with Gasteiger partial charge in [0.25, 0.3) is 0 Å². The molecule has 0 saturated carbocycles. The van der Waals surface area contributed by atoms with Crippen LogP contribution in [-0.4, -0.2) is 58.9 Å². The quantitative estimate of drug-likeness (QED) is 0.499. The minimum absolute atomic E-state index is 0.0651. The predicted molar refractivity (Wildman–Crippen MR) is 85.6 cm³/mol. The van der Waals surface area contributed by atoms with Crippen LogP contribution in [0.15, 0.2) is 0 Å². The molecule has 0 radical (unpaired) electrons. The van der Waals surface area contributed by atoms with Crippen molar-refractivity contribution in [3.8, 4) is 0 Å². The van der Waals surface area contributed by atoms with Crippen LogP contribution in [0, 0.1) is 5.41 Å². The fourth-order valence-electron chi connectivity index (χ4n) is 1.71. The lowest BCUT2D eigenvalue weighted by molar-refractivity contribution is -0.0468. The lowest BCUT2D eigenvalue weighted by Crippen LogP contribution is -2.37. The molecule has 0 aliphatic heterocycles. The summed E-state index contributed by atoms with van der Waals surface area (Å²) in [6, 6.07) is 0. The van der Waals surface area contributed by atoms with E-state index in [1.54, 1.807) is 0 Å². The summed E-state index contributed by atoms with van der Waals surface area (Å²) < 4.78 is 22.0. The Kier molecular flexibility index (Phi) is 13.3. The summed E-state index contributed by atoms with van der Waals surface area (Å²) in [6.45, 7) is 13.5. The summed E-state index contributed by atoms with van der Waals surface area (Å²) in [5, 5.41) is 0. The van der Waals surface area contributed by atoms with Gasteiger partial charge in [-0.3, -0.25) is 0 Å². The van der Waals surface area contributed by atoms with Crippen LogP contribution in [0.2, 0.25) is 0 Å². The standard InChI is InChI=1S/C16H35NO4/c1-5-6-7-18-8-9-19-10-11-20-12-13-21-15(14-17)16(2,3)4/h15H,5-14,17H2,1-4H3. The zero-order valence-electron chi connectivity index (χ0n) is 14.4. The lowest BCUT2D eigenvalue weighted by Gasteiger charge is -2.29. The van der Waals surface area contributed by atoms with Crippen molar-refractivity contribution >= 4 is 0 Å². The van der Waals surface area contributed by atoms with E-state index in [0.29, 0.717) is 46.2 Å². The first-order valence-electron chi connectivity index (χ1n) is 8.07. The highest BCUT2D eigenvalue weighted by atomic mass is 16.6. The highest BCUT2D eigenvalue weighted by Crippen LogP contribution is 2.21. The molecule has 21 heavy (non-hydrogen) atoms. The molecule has 2 N–H and O–H groups in total. The Bertz CT molecular complexity index is 219. The summed E-state index contributed by atoms with van der Waals surface area (Å²) in [5.74, 6) is 0. The third-order valence-electron chi connectivity index (χ3n) is 3.11. The van der Waals surface area contributed by atoms with Gasteiger partial charge in [0.2, 0.25) is 0 Å². The van der Waals surface area contributed by atoms with E-state index in [4.69, 9.17) is 24.7 Å². The van der Waals surface area contributed by atoms with Crippen molar-refractivity contribution in [1.29, 1.82) is 0 Å². The molecule has 0 aliphatic carbocycles. The van der Waals surface area contributed by atoms with Crippen LogP contribution < -0.4 is 5.73 Å². The Morgan fingerprint density at radius 2 is 1.29 bits per heavy atom. The molecule has 128 valence electrons. The fraction of sp³-hybridized carbons (Fsp3) is 1.00. The van der Waals surface area contributed by atoms with Crippen LogP contribution in [0.4, 0.5) is 0 Å². The molecule has 5 nitrogen and oxygen atoms in total. The molecule has 0 spiro atoms. The van der Waals surface area contributed by atoms with Crippen LogP contribution >= 0.6 is 0 Å². The molecular weight excluding hydrogens is 270 g/mol. The average Bonchev–Trinajstić information content (AvgIpc) is 2.42. The SMILES string of the molecule is CCCCOCCOCCOCCOC(CN)C(C)(C)C. The first-order valence-corrected chi connectivity index (χ1v) is 8.07. The molecular formula is C16H35NO4. The van der Waals surface area contributed by atoms with Crippen LogP contribution in [0.3, 0.4) is 0 Å². The molecule has 5 heteroatoms. The van der Waals surface area contributed by atoms with Gasteiger partial charge in [-0.05, 0) is 11.8 Å². The largest absolute Gasteiger partial charge is 0.379 e. The molecule has 0 aromatic carbocycles. The number of hydrogen-bond donors (Lipinski definition) is 1. The van der Waals surface area contributed by atoms with Crippen LogP contribution in [0.5, 0.6) is 0 Å². The van der Waals surface area contributed by atoms with Gasteiger partial charge in [-0.15, -0.1) is 0 Å². The molecule has 0 saturated heterocycles. The van der Waals surface area contributed by atoms with Crippen LogP contribution in [0.1, 0.15) is 40.5 Å². The zero-order chi connectivity index (χ0) is 16.0. The summed E-state index contributed by atoms with van der Waals surface area (Å²) in [5.41, 5.74) is 5.77. The smallest absolute Gasteiger partial charge is 0.0746 e. The molecule has 0 aromatic rings. The topological polar surface area (TPSA) is 62.9 Å². The highest BCUT2D eigenvalue weighted by molar-refractivity contribution is 4.74. The Morgan fingerprint density at radius 3 is 1.71 bits per heavy atom. The molecule has 1 unspecified atom stereocenters. The predicted octanol–water partition coefficient (Wildman–Crippen LogP) is 2.23. The van der Waals surface area contributed by atoms with Crippen molar-refractivity contribution < 1.29 is 18.9 Å². The molecule has 0 amide bonds. The molecule has 0 bridgehead atoms. The van der Waals surface area contributed by atoms with Gasteiger partial charge >= 0.3 is 0 Å². The molecule has 0 heterocycles. The number of nitrogens with two attached hydrogens (primary N) is 1. The van der Waals surface area contributed by atoms with E-state index in [9.17, 15) is 0 Å². The van der Waals surface area contributed by atoms with Gasteiger partial charge in [-0.1, -0.05) is 34.1 Å². The van der Waals surface area contributed by atoms with E-state index in [2.05, 4.69) is 27.7 Å². The monoisotopic (exact) mass is 305 g/mol. The zero-order valence-corrected chi connectivity index (χ0v) is 14.4. The van der Waals surface area contributed by atoms with E-state index in [1.807, 2.05) is 0 Å². The average molecular weight is 305 g/mol. The van der Waals surface area contributed by atoms with E-state index < -0.39 is 0 Å². The third-order valence-corrected chi connectivity index (χ3v) is 3.11. The minimum Gasteiger partial charge on any atom is -0.379 e. The van der Waals surface area contributed by atoms with Gasteiger partial charge < -0.3 is 24.7 Å². The van der Waals surface area contributed by atoms with Gasteiger partial charge in [0, 0.05) is 13.2 Å². The summed E-state index contributed by atoms with van der Waals surface area (Å²) in [6.07, 6.45) is 2.34. The summed E-state index contributed by atoms with van der Waals surface area (Å²) >= 11 is 0. The second-order valence-electron chi connectivity index (χ2n) is 6.15. The van der Waals surface area contributed by atoms with Gasteiger partial charge in [-0.2, -0.15) is 0 Å². The van der Waals surface area contributed by atoms with Crippen molar-refractivity contribution in [3.05, 3.63) is 0 Å². The molecule has 0 fully saturated rings. The van der Waals surface area contributed by atoms with Crippen molar-refractivity contribution in [2.75, 3.05) is 52.8 Å². The Labute approximate surface area is 130 Å². The molecule has 0 aliphatic rings. The normalized spacial score (nSPS) is 13.6. The highest BCUT2D eigenvalue weighted by Gasteiger charge is 2.23. The Balaban J connectivity index is 3.26. The van der Waals surface area contributed by atoms with Crippen molar-refractivity contribution in [2.45, 2.75) is 46.6 Å². The number of rotatable bonds is 14. The fourth-order valence-corrected chi connectivity index (χ4v) is 1.71. The Hall–Kier alpha value is -0.200. The maximum absolute atomic E-state index is 5.73. The van der Waals surface area contributed by atoms with E-state index >= 15 is 0 Å². The van der Waals surface area contributed by atoms with Gasteiger partial charge in [0.15, 0.2) is 0 Å². The second kappa shape index (κ2) is 13.5. The van der Waals surface area contributed by atoms with Crippen LogP contribution in [0.25, 0.3) is 0 Å². The summed E-state index contributed by atoms with van der Waals surface area (Å²) in [7, 11) is 0. The number of hydrogen-bond acceptors (Lipinski definition) is 5. The van der Waals surface area contributed by atoms with Gasteiger partial charge in [0.05, 0.1) is 45.7 Å².